The first-order chi connectivity index (χ1) is 9.76. The molecule has 104 valence electrons. The van der Waals surface area contributed by atoms with Gasteiger partial charge >= 0.3 is 0 Å². The Kier molecular flexibility index (Phi) is 4.24. The lowest BCUT2D eigenvalue weighted by atomic mass is 9.95. The van der Waals surface area contributed by atoms with Crippen molar-refractivity contribution < 1.29 is 0 Å². The van der Waals surface area contributed by atoms with E-state index in [4.69, 9.17) is 22.3 Å². The molecule has 5 heteroatoms. The molecule has 0 amide bonds. The summed E-state index contributed by atoms with van der Waals surface area (Å²) in [5.41, 5.74) is 9.56. The number of pyridine rings is 2. The number of nitrogens with two attached hydrogens (primary N) is 1. The Hall–Kier alpha value is -1.10. The minimum absolute atomic E-state index is 0.510. The quantitative estimate of drug-likeness (QED) is 0.941. The van der Waals surface area contributed by atoms with Crippen LogP contribution in [0.15, 0.2) is 34.4 Å². The second-order valence-electron chi connectivity index (χ2n) is 4.89. The van der Waals surface area contributed by atoms with Gasteiger partial charge in [0.25, 0.3) is 0 Å². The van der Waals surface area contributed by atoms with Crippen LogP contribution in [0.2, 0.25) is 5.02 Å². The van der Waals surface area contributed by atoms with Crippen molar-refractivity contribution in [1.82, 2.24) is 9.97 Å². The fourth-order valence-corrected chi connectivity index (χ4v) is 3.40. The van der Waals surface area contributed by atoms with E-state index in [1.165, 1.54) is 24.1 Å². The molecule has 0 fully saturated rings. The number of hydrogen-bond donors (Lipinski definition) is 1. The standard InChI is InChI=1S/C15H16ClN3S/c16-12-5-6-14(18-9-12)20-15-11(8-17)7-10-3-1-2-4-13(10)19-15/h5-7,9H,1-4,8,17H2. The van der Waals surface area contributed by atoms with Gasteiger partial charge in [-0.1, -0.05) is 17.7 Å². The van der Waals surface area contributed by atoms with Gasteiger partial charge in [-0.3, -0.25) is 0 Å². The lowest BCUT2D eigenvalue weighted by molar-refractivity contribution is 0.656. The fourth-order valence-electron chi connectivity index (χ4n) is 2.42. The normalized spacial score (nSPS) is 14.1. The van der Waals surface area contributed by atoms with E-state index in [0.29, 0.717) is 11.6 Å². The van der Waals surface area contributed by atoms with E-state index in [-0.39, 0.29) is 0 Å². The van der Waals surface area contributed by atoms with Crippen LogP contribution < -0.4 is 5.73 Å². The Morgan fingerprint density at radius 3 is 2.85 bits per heavy atom. The third-order valence-electron chi connectivity index (χ3n) is 3.46. The van der Waals surface area contributed by atoms with Crippen molar-refractivity contribution in [3.05, 3.63) is 46.2 Å². The van der Waals surface area contributed by atoms with E-state index in [2.05, 4.69) is 11.1 Å². The van der Waals surface area contributed by atoms with Crippen LogP contribution in [0.5, 0.6) is 0 Å². The largest absolute Gasteiger partial charge is 0.326 e. The van der Waals surface area contributed by atoms with Crippen molar-refractivity contribution in [2.75, 3.05) is 0 Å². The molecule has 0 spiro atoms. The highest BCUT2D eigenvalue weighted by atomic mass is 35.5. The molecule has 0 radical (unpaired) electrons. The van der Waals surface area contributed by atoms with E-state index >= 15 is 0 Å². The predicted octanol–water partition coefficient (Wildman–Crippen LogP) is 3.62. The molecule has 0 bridgehead atoms. The summed E-state index contributed by atoms with van der Waals surface area (Å²) in [7, 11) is 0. The Bertz CT molecular complexity index is 613. The maximum atomic E-state index is 5.87. The summed E-state index contributed by atoms with van der Waals surface area (Å²) in [6.45, 7) is 0.510. The summed E-state index contributed by atoms with van der Waals surface area (Å²) in [5.74, 6) is 0. The zero-order chi connectivity index (χ0) is 13.9. The average molecular weight is 306 g/mol. The van der Waals surface area contributed by atoms with Crippen molar-refractivity contribution in [3.63, 3.8) is 0 Å². The molecule has 2 aromatic rings. The summed E-state index contributed by atoms with van der Waals surface area (Å²) in [6, 6.07) is 5.98. The molecule has 0 saturated heterocycles. The summed E-state index contributed by atoms with van der Waals surface area (Å²) in [4.78, 5) is 9.12. The highest BCUT2D eigenvalue weighted by Gasteiger charge is 2.15. The van der Waals surface area contributed by atoms with E-state index in [1.54, 1.807) is 18.0 Å². The Balaban J connectivity index is 1.93. The molecule has 3 rings (SSSR count). The van der Waals surface area contributed by atoms with Gasteiger partial charge in [0.05, 0.1) is 5.02 Å². The van der Waals surface area contributed by atoms with Crippen LogP contribution >= 0.6 is 23.4 Å². The Labute approximate surface area is 128 Å². The van der Waals surface area contributed by atoms with Crippen molar-refractivity contribution in [3.8, 4) is 0 Å². The third kappa shape index (κ3) is 2.97. The molecule has 20 heavy (non-hydrogen) atoms. The average Bonchev–Trinajstić information content (AvgIpc) is 2.49. The van der Waals surface area contributed by atoms with Gasteiger partial charge in [0.15, 0.2) is 0 Å². The minimum atomic E-state index is 0.510. The van der Waals surface area contributed by atoms with Crippen molar-refractivity contribution in [1.29, 1.82) is 0 Å². The van der Waals surface area contributed by atoms with Crippen molar-refractivity contribution >= 4 is 23.4 Å². The molecule has 0 aliphatic heterocycles. The maximum Gasteiger partial charge on any atom is 0.107 e. The molecule has 1 aliphatic rings. The molecule has 2 aromatic heterocycles. The van der Waals surface area contributed by atoms with Crippen molar-refractivity contribution in [2.45, 2.75) is 42.3 Å². The summed E-state index contributed by atoms with van der Waals surface area (Å²) in [6.07, 6.45) is 6.33. The monoisotopic (exact) mass is 305 g/mol. The summed E-state index contributed by atoms with van der Waals surface area (Å²) in [5, 5.41) is 2.52. The zero-order valence-electron chi connectivity index (χ0n) is 11.1. The lowest BCUT2D eigenvalue weighted by Gasteiger charge is -2.17. The predicted molar refractivity (Wildman–Crippen MR) is 82.1 cm³/mol. The number of fused-ring (bicyclic) bond motifs is 1. The maximum absolute atomic E-state index is 5.87. The molecular formula is C15H16ClN3S. The van der Waals surface area contributed by atoms with Crippen LogP contribution in [-0.4, -0.2) is 9.97 Å². The smallest absolute Gasteiger partial charge is 0.107 e. The lowest BCUT2D eigenvalue weighted by Crippen LogP contribution is -2.10. The van der Waals surface area contributed by atoms with Crippen LogP contribution in [0.25, 0.3) is 0 Å². The number of aryl methyl sites for hydroxylation is 2. The number of rotatable bonds is 3. The topological polar surface area (TPSA) is 51.8 Å². The number of hydrogen-bond acceptors (Lipinski definition) is 4. The van der Waals surface area contributed by atoms with E-state index in [1.807, 2.05) is 12.1 Å². The highest BCUT2D eigenvalue weighted by Crippen LogP contribution is 2.31. The van der Waals surface area contributed by atoms with E-state index < -0.39 is 0 Å². The molecule has 2 heterocycles. The molecule has 0 unspecified atom stereocenters. The first-order valence-electron chi connectivity index (χ1n) is 6.77. The van der Waals surface area contributed by atoms with E-state index in [0.717, 1.165) is 28.5 Å². The third-order valence-corrected chi connectivity index (χ3v) is 4.68. The van der Waals surface area contributed by atoms with Gasteiger partial charge in [0, 0.05) is 18.4 Å². The summed E-state index contributed by atoms with van der Waals surface area (Å²) >= 11 is 7.42. The van der Waals surface area contributed by atoms with Gasteiger partial charge in [0.2, 0.25) is 0 Å². The number of halogens is 1. The van der Waals surface area contributed by atoms with Gasteiger partial charge in [0.1, 0.15) is 10.1 Å². The van der Waals surface area contributed by atoms with Crippen LogP contribution in [0.1, 0.15) is 29.7 Å². The highest BCUT2D eigenvalue weighted by molar-refractivity contribution is 7.99. The fraction of sp³-hybridized carbons (Fsp3) is 0.333. The van der Waals surface area contributed by atoms with Gasteiger partial charge < -0.3 is 5.73 Å². The molecule has 0 atom stereocenters. The number of aromatic nitrogens is 2. The van der Waals surface area contributed by atoms with Gasteiger partial charge in [-0.2, -0.15) is 0 Å². The minimum Gasteiger partial charge on any atom is -0.326 e. The SMILES string of the molecule is NCc1cc2c(nc1Sc1ccc(Cl)cn1)CCCC2. The molecular weight excluding hydrogens is 290 g/mol. The molecule has 0 saturated carbocycles. The van der Waals surface area contributed by atoms with Gasteiger partial charge in [-0.05, 0) is 60.7 Å². The second-order valence-corrected chi connectivity index (χ2v) is 6.33. The number of nitrogens with zero attached hydrogens (tertiary/aromatic N) is 2. The molecule has 3 nitrogen and oxygen atoms in total. The Morgan fingerprint density at radius 2 is 2.10 bits per heavy atom. The first kappa shape index (κ1) is 13.9. The van der Waals surface area contributed by atoms with Crippen molar-refractivity contribution in [2.24, 2.45) is 5.73 Å². The van der Waals surface area contributed by atoms with E-state index in [9.17, 15) is 0 Å². The van der Waals surface area contributed by atoms with Crippen LogP contribution in [0, 0.1) is 0 Å². The second kappa shape index (κ2) is 6.12. The zero-order valence-corrected chi connectivity index (χ0v) is 12.7. The van der Waals surface area contributed by atoms with Crippen LogP contribution in [0.3, 0.4) is 0 Å². The molecule has 1 aliphatic carbocycles. The van der Waals surface area contributed by atoms with Crippen LogP contribution in [-0.2, 0) is 19.4 Å². The molecule has 2 N–H and O–H groups in total. The van der Waals surface area contributed by atoms with Crippen LogP contribution in [0.4, 0.5) is 0 Å². The molecule has 0 aromatic carbocycles. The van der Waals surface area contributed by atoms with Gasteiger partial charge in [-0.25, -0.2) is 9.97 Å². The summed E-state index contributed by atoms with van der Waals surface area (Å²) < 4.78 is 0. The first-order valence-corrected chi connectivity index (χ1v) is 7.97. The Morgan fingerprint density at radius 1 is 1.25 bits per heavy atom. The van der Waals surface area contributed by atoms with Gasteiger partial charge in [-0.15, -0.1) is 0 Å².